The highest BCUT2D eigenvalue weighted by Gasteiger charge is 2.12. The van der Waals surface area contributed by atoms with Crippen molar-refractivity contribution in [1.82, 2.24) is 0 Å². The Labute approximate surface area is 106 Å². The molecule has 0 heterocycles. The van der Waals surface area contributed by atoms with Crippen LogP contribution in [0.25, 0.3) is 0 Å². The van der Waals surface area contributed by atoms with Crippen LogP contribution in [0, 0.1) is 5.41 Å². The molecule has 0 radical (unpaired) electrons. The van der Waals surface area contributed by atoms with Crippen LogP contribution < -0.4 is 0 Å². The smallest absolute Gasteiger partial charge is 0.118 e. The van der Waals surface area contributed by atoms with Gasteiger partial charge in [0.1, 0.15) is 5.75 Å². The standard InChI is InChI=1S/C11H16O.C4H10O/c1-11(2,3)8-9-6-4-5-7-10(9)12;1-3-5-4-2/h4-7,12H,8H2,1-3H3;3-4H2,1-2H3. The molecule has 0 aliphatic carbocycles. The second kappa shape index (κ2) is 8.13. The molecule has 0 aromatic heterocycles. The SMILES string of the molecule is CC(C)(C)Cc1ccccc1O.CCOCC. The van der Waals surface area contributed by atoms with Crippen LogP contribution in [0.1, 0.15) is 40.2 Å². The number of phenolic OH excluding ortho intramolecular Hbond substituents is 1. The molecule has 1 aromatic carbocycles. The zero-order valence-corrected chi connectivity index (χ0v) is 11.8. The molecule has 1 N–H and O–H groups in total. The van der Waals surface area contributed by atoms with Crippen LogP contribution in [0.4, 0.5) is 0 Å². The van der Waals surface area contributed by atoms with Crippen molar-refractivity contribution >= 4 is 0 Å². The molecule has 1 aromatic rings. The molecule has 2 nitrogen and oxygen atoms in total. The summed E-state index contributed by atoms with van der Waals surface area (Å²) in [6.07, 6.45) is 0.916. The maximum absolute atomic E-state index is 9.47. The third-order valence-corrected chi connectivity index (χ3v) is 2.12. The van der Waals surface area contributed by atoms with Gasteiger partial charge in [-0.25, -0.2) is 0 Å². The van der Waals surface area contributed by atoms with Gasteiger partial charge in [0.2, 0.25) is 0 Å². The average Bonchev–Trinajstić information content (AvgIpc) is 2.22. The monoisotopic (exact) mass is 238 g/mol. The molecule has 0 fully saturated rings. The highest BCUT2D eigenvalue weighted by Crippen LogP contribution is 2.25. The van der Waals surface area contributed by atoms with Gasteiger partial charge in [0.25, 0.3) is 0 Å². The molecule has 0 atom stereocenters. The van der Waals surface area contributed by atoms with Crippen molar-refractivity contribution in [2.75, 3.05) is 13.2 Å². The maximum Gasteiger partial charge on any atom is 0.118 e. The van der Waals surface area contributed by atoms with Crippen molar-refractivity contribution in [3.8, 4) is 5.75 Å². The predicted octanol–water partition coefficient (Wildman–Crippen LogP) is 4.02. The first kappa shape index (κ1) is 16.0. The number of rotatable bonds is 3. The summed E-state index contributed by atoms with van der Waals surface area (Å²) in [5, 5.41) is 9.47. The van der Waals surface area contributed by atoms with Gasteiger partial charge in [0.05, 0.1) is 0 Å². The van der Waals surface area contributed by atoms with Crippen molar-refractivity contribution < 1.29 is 9.84 Å². The molecule has 17 heavy (non-hydrogen) atoms. The van der Waals surface area contributed by atoms with Gasteiger partial charge in [-0.2, -0.15) is 0 Å². The quantitative estimate of drug-likeness (QED) is 0.861. The summed E-state index contributed by atoms with van der Waals surface area (Å²) >= 11 is 0. The summed E-state index contributed by atoms with van der Waals surface area (Å²) in [7, 11) is 0. The van der Waals surface area contributed by atoms with Gasteiger partial charge in [0, 0.05) is 13.2 Å². The molecular weight excluding hydrogens is 212 g/mol. The van der Waals surface area contributed by atoms with E-state index in [1.165, 1.54) is 0 Å². The van der Waals surface area contributed by atoms with Crippen LogP contribution in [0.2, 0.25) is 0 Å². The number of hydrogen-bond donors (Lipinski definition) is 1. The van der Waals surface area contributed by atoms with Gasteiger partial charge < -0.3 is 9.84 Å². The Morgan fingerprint density at radius 1 is 1.06 bits per heavy atom. The molecule has 0 aliphatic heterocycles. The minimum absolute atomic E-state index is 0.235. The molecule has 2 heteroatoms. The van der Waals surface area contributed by atoms with Crippen molar-refractivity contribution in [3.63, 3.8) is 0 Å². The Hall–Kier alpha value is -1.02. The second-order valence-corrected chi connectivity index (χ2v) is 5.15. The Morgan fingerprint density at radius 3 is 1.94 bits per heavy atom. The number of ether oxygens (including phenoxy) is 1. The lowest BCUT2D eigenvalue weighted by atomic mass is 9.88. The normalized spacial score (nSPS) is 10.6. The van der Waals surface area contributed by atoms with Crippen molar-refractivity contribution in [2.24, 2.45) is 5.41 Å². The third-order valence-electron chi connectivity index (χ3n) is 2.12. The molecule has 0 amide bonds. The molecule has 0 bridgehead atoms. The highest BCUT2D eigenvalue weighted by atomic mass is 16.5. The fraction of sp³-hybridized carbons (Fsp3) is 0.600. The lowest BCUT2D eigenvalue weighted by Crippen LogP contribution is -2.08. The van der Waals surface area contributed by atoms with Crippen LogP contribution in [0.3, 0.4) is 0 Å². The molecule has 98 valence electrons. The maximum atomic E-state index is 9.47. The first-order chi connectivity index (χ1) is 7.90. The Morgan fingerprint density at radius 2 is 1.59 bits per heavy atom. The van der Waals surface area contributed by atoms with Crippen molar-refractivity contribution in [1.29, 1.82) is 0 Å². The van der Waals surface area contributed by atoms with Gasteiger partial charge in [-0.1, -0.05) is 39.0 Å². The Bertz CT molecular complexity index is 298. The number of hydrogen-bond acceptors (Lipinski definition) is 2. The number of benzene rings is 1. The van der Waals surface area contributed by atoms with E-state index in [0.717, 1.165) is 25.2 Å². The summed E-state index contributed by atoms with van der Waals surface area (Å²) in [5.41, 5.74) is 1.27. The van der Waals surface area contributed by atoms with Gasteiger partial charge in [-0.05, 0) is 37.3 Å². The first-order valence-corrected chi connectivity index (χ1v) is 6.25. The van der Waals surface area contributed by atoms with E-state index in [4.69, 9.17) is 4.74 Å². The lowest BCUT2D eigenvalue weighted by molar-refractivity contribution is 0.162. The summed E-state index contributed by atoms with van der Waals surface area (Å²) in [4.78, 5) is 0. The van der Waals surface area contributed by atoms with Crippen molar-refractivity contribution in [2.45, 2.75) is 41.0 Å². The van der Waals surface area contributed by atoms with Gasteiger partial charge in [-0.15, -0.1) is 0 Å². The van der Waals surface area contributed by atoms with Crippen LogP contribution in [-0.4, -0.2) is 18.3 Å². The minimum atomic E-state index is 0.235. The van der Waals surface area contributed by atoms with E-state index in [-0.39, 0.29) is 5.41 Å². The van der Waals surface area contributed by atoms with Gasteiger partial charge >= 0.3 is 0 Å². The van der Waals surface area contributed by atoms with Crippen molar-refractivity contribution in [3.05, 3.63) is 29.8 Å². The molecule has 0 saturated heterocycles. The highest BCUT2D eigenvalue weighted by molar-refractivity contribution is 5.32. The second-order valence-electron chi connectivity index (χ2n) is 5.15. The summed E-state index contributed by atoms with van der Waals surface area (Å²) < 4.78 is 4.83. The van der Waals surface area contributed by atoms with Gasteiger partial charge in [0.15, 0.2) is 0 Å². The summed E-state index contributed by atoms with van der Waals surface area (Å²) in [6, 6.07) is 7.52. The Kier molecular flexibility index (Phi) is 7.64. The minimum Gasteiger partial charge on any atom is -0.508 e. The van der Waals surface area contributed by atoms with E-state index in [1.807, 2.05) is 32.0 Å². The van der Waals surface area contributed by atoms with Crippen LogP contribution in [0.15, 0.2) is 24.3 Å². The molecule has 0 saturated carbocycles. The number of aromatic hydroxyl groups is 1. The lowest BCUT2D eigenvalue weighted by Gasteiger charge is -2.18. The van der Waals surface area contributed by atoms with E-state index in [9.17, 15) is 5.11 Å². The predicted molar refractivity (Wildman–Crippen MR) is 73.4 cm³/mol. The average molecular weight is 238 g/mol. The van der Waals surface area contributed by atoms with Gasteiger partial charge in [-0.3, -0.25) is 0 Å². The van der Waals surface area contributed by atoms with Crippen LogP contribution in [0.5, 0.6) is 5.75 Å². The zero-order chi connectivity index (χ0) is 13.3. The molecule has 0 aliphatic rings. The van der Waals surface area contributed by atoms with E-state index >= 15 is 0 Å². The summed E-state index contributed by atoms with van der Waals surface area (Å²) in [6.45, 7) is 12.2. The molecule has 0 unspecified atom stereocenters. The fourth-order valence-corrected chi connectivity index (χ4v) is 1.44. The van der Waals surface area contributed by atoms with E-state index in [0.29, 0.717) is 5.75 Å². The third kappa shape index (κ3) is 8.75. The number of para-hydroxylation sites is 1. The molecule has 0 spiro atoms. The van der Waals surface area contributed by atoms with E-state index in [2.05, 4.69) is 20.8 Å². The molecule has 1 rings (SSSR count). The van der Waals surface area contributed by atoms with E-state index < -0.39 is 0 Å². The topological polar surface area (TPSA) is 29.5 Å². The largest absolute Gasteiger partial charge is 0.508 e. The summed E-state index contributed by atoms with van der Waals surface area (Å²) in [5.74, 6) is 0.410. The van der Waals surface area contributed by atoms with E-state index in [1.54, 1.807) is 6.07 Å². The Balaban J connectivity index is 0.000000437. The van der Waals surface area contributed by atoms with Crippen LogP contribution >= 0.6 is 0 Å². The molecular formula is C15H26O2. The zero-order valence-electron chi connectivity index (χ0n) is 11.8. The fourth-order valence-electron chi connectivity index (χ4n) is 1.44. The van der Waals surface area contributed by atoms with Crippen LogP contribution in [-0.2, 0) is 11.2 Å². The number of phenols is 1. The first-order valence-electron chi connectivity index (χ1n) is 6.25.